The molecular weight excluding hydrogens is 472 g/mol. The van der Waals surface area contributed by atoms with Crippen molar-refractivity contribution in [1.82, 2.24) is 9.62 Å². The van der Waals surface area contributed by atoms with Crippen molar-refractivity contribution in [3.05, 3.63) is 101 Å². The highest BCUT2D eigenvalue weighted by Gasteiger charge is 2.39. The maximum Gasteiger partial charge on any atom is 0.417 e. The van der Waals surface area contributed by atoms with Crippen molar-refractivity contribution in [1.29, 1.82) is 0 Å². The molecule has 0 radical (unpaired) electrons. The highest BCUT2D eigenvalue weighted by Crippen LogP contribution is 2.35. The average Bonchev–Trinajstić information content (AvgIpc) is 2.79. The van der Waals surface area contributed by atoms with Gasteiger partial charge in [-0.05, 0) is 42.3 Å². The molecule has 0 bridgehead atoms. The molecule has 0 spiro atoms. The smallest absolute Gasteiger partial charge is 0.348 e. The molecular formula is C24H22F4N2O3S. The summed E-state index contributed by atoms with van der Waals surface area (Å²) in [4.78, 5) is 11.8. The number of benzene rings is 3. The molecule has 3 rings (SSSR count). The number of rotatable bonds is 8. The summed E-state index contributed by atoms with van der Waals surface area (Å²) in [6.07, 6.45) is -4.90. The molecule has 3 aromatic rings. The molecule has 1 N–H and O–H groups in total. The zero-order valence-corrected chi connectivity index (χ0v) is 18.9. The number of amides is 1. The van der Waals surface area contributed by atoms with Crippen LogP contribution in [0.1, 0.15) is 29.7 Å². The van der Waals surface area contributed by atoms with E-state index in [1.165, 1.54) is 30.3 Å². The lowest BCUT2D eigenvalue weighted by Crippen LogP contribution is -2.41. The van der Waals surface area contributed by atoms with Crippen LogP contribution in [0.5, 0.6) is 0 Å². The summed E-state index contributed by atoms with van der Waals surface area (Å²) in [5.74, 6) is -1.17. The van der Waals surface area contributed by atoms with E-state index in [-0.39, 0.29) is 6.54 Å². The van der Waals surface area contributed by atoms with Gasteiger partial charge in [0.25, 0.3) is 0 Å². The lowest BCUT2D eigenvalue weighted by Gasteiger charge is -2.25. The topological polar surface area (TPSA) is 66.5 Å². The molecule has 10 heteroatoms. The van der Waals surface area contributed by atoms with Gasteiger partial charge in [-0.3, -0.25) is 4.79 Å². The molecule has 1 amide bonds. The summed E-state index contributed by atoms with van der Waals surface area (Å²) in [6, 6.07) is 16.9. The van der Waals surface area contributed by atoms with Gasteiger partial charge in [0.15, 0.2) is 0 Å². The monoisotopic (exact) mass is 494 g/mol. The lowest BCUT2D eigenvalue weighted by molar-refractivity contribution is -0.139. The summed E-state index contributed by atoms with van der Waals surface area (Å²) in [6.45, 7) is 0.600. The summed E-state index contributed by atoms with van der Waals surface area (Å²) in [5, 5.41) is 2.61. The predicted molar refractivity (Wildman–Crippen MR) is 118 cm³/mol. The van der Waals surface area contributed by atoms with Gasteiger partial charge in [-0.1, -0.05) is 54.6 Å². The molecule has 5 nitrogen and oxygen atoms in total. The van der Waals surface area contributed by atoms with Crippen LogP contribution in [-0.2, 0) is 27.5 Å². The van der Waals surface area contributed by atoms with Crippen molar-refractivity contribution < 1.29 is 30.8 Å². The van der Waals surface area contributed by atoms with Crippen LogP contribution in [0, 0.1) is 5.82 Å². The van der Waals surface area contributed by atoms with E-state index in [0.29, 0.717) is 21.5 Å². The molecule has 1 unspecified atom stereocenters. The number of nitrogens with one attached hydrogen (secondary N) is 1. The van der Waals surface area contributed by atoms with Crippen LogP contribution in [0.4, 0.5) is 17.6 Å². The largest absolute Gasteiger partial charge is 0.417 e. The lowest BCUT2D eigenvalue weighted by atomic mass is 10.1. The molecule has 0 fully saturated rings. The van der Waals surface area contributed by atoms with Gasteiger partial charge in [-0.25, -0.2) is 12.8 Å². The van der Waals surface area contributed by atoms with Gasteiger partial charge in [0.1, 0.15) is 5.82 Å². The quantitative estimate of drug-likeness (QED) is 0.453. The van der Waals surface area contributed by atoms with Gasteiger partial charge in [0, 0.05) is 6.54 Å². The van der Waals surface area contributed by atoms with E-state index < -0.39 is 51.0 Å². The molecule has 1 atom stereocenters. The normalized spacial score (nSPS) is 13.0. The Bertz CT molecular complexity index is 1230. The highest BCUT2D eigenvalue weighted by atomic mass is 32.2. The maximum absolute atomic E-state index is 13.5. The molecule has 0 aliphatic heterocycles. The van der Waals surface area contributed by atoms with Crippen molar-refractivity contribution in [2.75, 3.05) is 6.54 Å². The van der Waals surface area contributed by atoms with Crippen molar-refractivity contribution >= 4 is 15.9 Å². The Morgan fingerprint density at radius 3 is 2.15 bits per heavy atom. The number of alkyl halides is 3. The summed E-state index contributed by atoms with van der Waals surface area (Å²) >= 11 is 0. The fourth-order valence-electron chi connectivity index (χ4n) is 3.36. The molecule has 0 saturated carbocycles. The third-order valence-electron chi connectivity index (χ3n) is 5.08. The van der Waals surface area contributed by atoms with E-state index in [1.807, 2.05) is 0 Å². The highest BCUT2D eigenvalue weighted by molar-refractivity contribution is 7.89. The van der Waals surface area contributed by atoms with E-state index in [9.17, 15) is 30.8 Å². The maximum atomic E-state index is 13.5. The summed E-state index contributed by atoms with van der Waals surface area (Å²) < 4.78 is 81.1. The standard InChI is InChI=1S/C24H22F4N2O3S/c1-17(19-11-13-20(25)14-12-19)29-23(31)16-30(15-18-7-3-2-4-8-18)34(32,33)22-10-6-5-9-21(22)24(26,27)28/h2-14,17H,15-16H2,1H3,(H,29,31). The minimum Gasteiger partial charge on any atom is -0.348 e. The molecule has 0 saturated heterocycles. The molecule has 0 aliphatic carbocycles. The van der Waals surface area contributed by atoms with Gasteiger partial charge in [0.2, 0.25) is 15.9 Å². The first-order valence-electron chi connectivity index (χ1n) is 10.2. The Labute approximate surface area is 195 Å². The van der Waals surface area contributed by atoms with Crippen LogP contribution in [0.2, 0.25) is 0 Å². The SMILES string of the molecule is CC(NC(=O)CN(Cc1ccccc1)S(=O)(=O)c1ccccc1C(F)(F)F)c1ccc(F)cc1. The first-order chi connectivity index (χ1) is 16.0. The van der Waals surface area contributed by atoms with E-state index in [1.54, 1.807) is 37.3 Å². The first kappa shape index (κ1) is 25.4. The van der Waals surface area contributed by atoms with Gasteiger partial charge in [-0.2, -0.15) is 17.5 Å². The number of hydrogen-bond donors (Lipinski definition) is 1. The van der Waals surface area contributed by atoms with Gasteiger partial charge in [-0.15, -0.1) is 0 Å². The Morgan fingerprint density at radius 1 is 0.941 bits per heavy atom. The molecule has 180 valence electrons. The average molecular weight is 495 g/mol. The van der Waals surface area contributed by atoms with Crippen molar-refractivity contribution in [2.45, 2.75) is 30.6 Å². The minimum atomic E-state index is -4.90. The molecule has 34 heavy (non-hydrogen) atoms. The zero-order valence-electron chi connectivity index (χ0n) is 18.1. The van der Waals surface area contributed by atoms with Crippen LogP contribution in [0.3, 0.4) is 0 Å². The van der Waals surface area contributed by atoms with Crippen LogP contribution in [0.15, 0.2) is 83.8 Å². The number of hydrogen-bond acceptors (Lipinski definition) is 3. The number of halogens is 4. The predicted octanol–water partition coefficient (Wildman–Crippen LogP) is 4.91. The van der Waals surface area contributed by atoms with Crippen molar-refractivity contribution in [2.24, 2.45) is 0 Å². The van der Waals surface area contributed by atoms with E-state index >= 15 is 0 Å². The Morgan fingerprint density at radius 2 is 1.53 bits per heavy atom. The minimum absolute atomic E-state index is 0.312. The number of sulfonamides is 1. The van der Waals surface area contributed by atoms with Crippen molar-refractivity contribution in [3.63, 3.8) is 0 Å². The fourth-order valence-corrected chi connectivity index (χ4v) is 4.96. The number of carbonyl (C=O) groups is 1. The Hall–Kier alpha value is -3.24. The third kappa shape index (κ3) is 6.21. The van der Waals surface area contributed by atoms with Crippen LogP contribution >= 0.6 is 0 Å². The first-order valence-corrected chi connectivity index (χ1v) is 11.7. The van der Waals surface area contributed by atoms with Gasteiger partial charge in [0.05, 0.1) is 23.0 Å². The van der Waals surface area contributed by atoms with Crippen LogP contribution in [0.25, 0.3) is 0 Å². The van der Waals surface area contributed by atoms with Crippen molar-refractivity contribution in [3.8, 4) is 0 Å². The second kappa shape index (κ2) is 10.4. The Balaban J connectivity index is 1.91. The van der Waals surface area contributed by atoms with Crippen LogP contribution in [-0.4, -0.2) is 25.2 Å². The summed E-state index contributed by atoms with van der Waals surface area (Å²) in [7, 11) is -4.71. The molecule has 3 aromatic carbocycles. The number of carbonyl (C=O) groups excluding carboxylic acids is 1. The number of nitrogens with zero attached hydrogens (tertiary/aromatic N) is 1. The molecule has 0 heterocycles. The summed E-state index contributed by atoms with van der Waals surface area (Å²) in [5.41, 5.74) is -0.238. The van der Waals surface area contributed by atoms with E-state index in [4.69, 9.17) is 0 Å². The second-order valence-electron chi connectivity index (χ2n) is 7.59. The third-order valence-corrected chi connectivity index (χ3v) is 6.93. The van der Waals surface area contributed by atoms with Crippen LogP contribution < -0.4 is 5.32 Å². The molecule has 0 aromatic heterocycles. The van der Waals surface area contributed by atoms with E-state index in [0.717, 1.165) is 12.1 Å². The Kier molecular flexibility index (Phi) is 7.73. The van der Waals surface area contributed by atoms with Gasteiger partial charge >= 0.3 is 6.18 Å². The molecule has 0 aliphatic rings. The van der Waals surface area contributed by atoms with E-state index in [2.05, 4.69) is 5.32 Å². The zero-order chi connectivity index (χ0) is 24.9. The second-order valence-corrected chi connectivity index (χ2v) is 9.50. The van der Waals surface area contributed by atoms with Gasteiger partial charge < -0.3 is 5.32 Å². The fraction of sp³-hybridized carbons (Fsp3) is 0.208.